The standard InChI is InChI=1S/C9H8FN3/c10-8-5-13-9(11-8)4-3-7(12-13)6-1-2-6/h3-6H,1-2H2. The van der Waals surface area contributed by atoms with Crippen molar-refractivity contribution >= 4 is 5.65 Å². The third-order valence-corrected chi connectivity index (χ3v) is 2.31. The predicted octanol–water partition coefficient (Wildman–Crippen LogP) is 1.75. The van der Waals surface area contributed by atoms with Crippen LogP contribution in [0.2, 0.25) is 0 Å². The highest BCUT2D eigenvalue weighted by Gasteiger charge is 2.25. The maximum absolute atomic E-state index is 12.7. The number of hydrogen-bond acceptors (Lipinski definition) is 2. The van der Waals surface area contributed by atoms with E-state index in [1.165, 1.54) is 23.6 Å². The van der Waals surface area contributed by atoms with Crippen LogP contribution in [-0.2, 0) is 0 Å². The summed E-state index contributed by atoms with van der Waals surface area (Å²) in [5.74, 6) is 0.121. The van der Waals surface area contributed by atoms with E-state index >= 15 is 0 Å². The summed E-state index contributed by atoms with van der Waals surface area (Å²) in [6, 6.07) is 3.74. The highest BCUT2D eigenvalue weighted by atomic mass is 19.1. The molecule has 1 aliphatic carbocycles. The van der Waals surface area contributed by atoms with Crippen LogP contribution in [0.1, 0.15) is 24.5 Å². The molecule has 0 atom stereocenters. The number of halogens is 1. The molecule has 2 aromatic rings. The van der Waals surface area contributed by atoms with Gasteiger partial charge in [0.1, 0.15) is 0 Å². The molecule has 0 aliphatic heterocycles. The molecular weight excluding hydrogens is 169 g/mol. The van der Waals surface area contributed by atoms with E-state index in [4.69, 9.17) is 0 Å². The minimum atomic E-state index is -0.472. The molecule has 0 bridgehead atoms. The fraction of sp³-hybridized carbons (Fsp3) is 0.333. The Labute approximate surface area is 74.2 Å². The number of imidazole rings is 1. The van der Waals surface area contributed by atoms with Crippen LogP contribution in [0.3, 0.4) is 0 Å². The predicted molar refractivity (Wildman–Crippen MR) is 44.9 cm³/mol. The Balaban J connectivity index is 2.20. The second-order valence-electron chi connectivity index (χ2n) is 3.40. The summed E-state index contributed by atoms with van der Waals surface area (Å²) in [5.41, 5.74) is 1.62. The topological polar surface area (TPSA) is 30.2 Å². The Morgan fingerprint density at radius 3 is 3.00 bits per heavy atom. The van der Waals surface area contributed by atoms with Crippen molar-refractivity contribution in [3.05, 3.63) is 30.0 Å². The van der Waals surface area contributed by atoms with Gasteiger partial charge in [-0.3, -0.25) is 0 Å². The molecule has 1 saturated carbocycles. The summed E-state index contributed by atoms with van der Waals surface area (Å²) in [5, 5.41) is 4.27. The summed E-state index contributed by atoms with van der Waals surface area (Å²) in [7, 11) is 0. The van der Waals surface area contributed by atoms with Crippen molar-refractivity contribution in [3.63, 3.8) is 0 Å². The van der Waals surface area contributed by atoms with Crippen LogP contribution in [0.4, 0.5) is 4.39 Å². The van der Waals surface area contributed by atoms with E-state index in [1.807, 2.05) is 12.1 Å². The molecule has 2 aromatic heterocycles. The van der Waals surface area contributed by atoms with E-state index in [1.54, 1.807) is 0 Å². The molecule has 0 aromatic carbocycles. The number of fused-ring (bicyclic) bond motifs is 1. The molecular formula is C9H8FN3. The van der Waals surface area contributed by atoms with Gasteiger partial charge < -0.3 is 0 Å². The van der Waals surface area contributed by atoms with Crippen LogP contribution < -0.4 is 0 Å². The van der Waals surface area contributed by atoms with Gasteiger partial charge in [-0.15, -0.1) is 0 Å². The Kier molecular flexibility index (Phi) is 1.23. The molecule has 0 N–H and O–H groups in total. The largest absolute Gasteiger partial charge is 0.233 e. The first-order valence-electron chi connectivity index (χ1n) is 4.35. The van der Waals surface area contributed by atoms with E-state index in [9.17, 15) is 4.39 Å². The maximum atomic E-state index is 12.7. The molecule has 66 valence electrons. The van der Waals surface area contributed by atoms with Gasteiger partial charge in [-0.05, 0) is 25.0 Å². The third kappa shape index (κ3) is 1.09. The van der Waals surface area contributed by atoms with Crippen LogP contribution in [-0.4, -0.2) is 14.6 Å². The quantitative estimate of drug-likeness (QED) is 0.664. The summed E-state index contributed by atoms with van der Waals surface area (Å²) in [6.07, 6.45) is 3.71. The SMILES string of the molecule is Fc1cn2nc(C3CC3)ccc2n1. The minimum Gasteiger partial charge on any atom is -0.218 e. The van der Waals surface area contributed by atoms with Crippen molar-refractivity contribution in [3.8, 4) is 0 Å². The summed E-state index contributed by atoms with van der Waals surface area (Å²) in [4.78, 5) is 3.67. The van der Waals surface area contributed by atoms with Gasteiger partial charge in [0.05, 0.1) is 11.9 Å². The van der Waals surface area contributed by atoms with Crippen LogP contribution in [0.25, 0.3) is 5.65 Å². The van der Waals surface area contributed by atoms with E-state index in [0.29, 0.717) is 11.6 Å². The van der Waals surface area contributed by atoms with Crippen molar-refractivity contribution in [1.82, 2.24) is 14.6 Å². The highest BCUT2D eigenvalue weighted by Crippen LogP contribution is 2.38. The van der Waals surface area contributed by atoms with Gasteiger partial charge >= 0.3 is 0 Å². The van der Waals surface area contributed by atoms with Crippen LogP contribution in [0.15, 0.2) is 18.3 Å². The molecule has 3 nitrogen and oxygen atoms in total. The molecule has 0 amide bonds. The molecule has 1 aliphatic rings. The van der Waals surface area contributed by atoms with Crippen molar-refractivity contribution in [2.24, 2.45) is 0 Å². The molecule has 0 radical (unpaired) electrons. The van der Waals surface area contributed by atoms with Gasteiger partial charge in [0.25, 0.3) is 0 Å². The molecule has 0 saturated heterocycles. The van der Waals surface area contributed by atoms with E-state index in [-0.39, 0.29) is 0 Å². The zero-order valence-corrected chi connectivity index (χ0v) is 6.94. The number of aromatic nitrogens is 3. The molecule has 0 unspecified atom stereocenters. The lowest BCUT2D eigenvalue weighted by Crippen LogP contribution is -1.94. The van der Waals surface area contributed by atoms with E-state index in [0.717, 1.165) is 5.69 Å². The van der Waals surface area contributed by atoms with Crippen molar-refractivity contribution in [2.75, 3.05) is 0 Å². The minimum absolute atomic E-state index is 0.472. The van der Waals surface area contributed by atoms with E-state index < -0.39 is 5.95 Å². The first-order valence-corrected chi connectivity index (χ1v) is 4.35. The lowest BCUT2D eigenvalue weighted by molar-refractivity contribution is 0.590. The first kappa shape index (κ1) is 7.00. The summed E-state index contributed by atoms with van der Waals surface area (Å²) < 4.78 is 14.2. The van der Waals surface area contributed by atoms with Gasteiger partial charge in [-0.1, -0.05) is 0 Å². The van der Waals surface area contributed by atoms with Crippen LogP contribution >= 0.6 is 0 Å². The second-order valence-corrected chi connectivity index (χ2v) is 3.40. The Hall–Kier alpha value is -1.45. The lowest BCUT2D eigenvalue weighted by Gasteiger charge is -1.96. The van der Waals surface area contributed by atoms with Gasteiger partial charge in [0, 0.05) is 5.92 Å². The molecule has 2 heterocycles. The zero-order chi connectivity index (χ0) is 8.84. The molecule has 1 fully saturated rings. The molecule has 3 rings (SSSR count). The van der Waals surface area contributed by atoms with E-state index in [2.05, 4.69) is 10.1 Å². The van der Waals surface area contributed by atoms with Gasteiger partial charge in [-0.2, -0.15) is 14.5 Å². The van der Waals surface area contributed by atoms with Crippen molar-refractivity contribution < 1.29 is 4.39 Å². The summed E-state index contributed by atoms with van der Waals surface area (Å²) >= 11 is 0. The molecule has 0 spiro atoms. The summed E-state index contributed by atoms with van der Waals surface area (Å²) in [6.45, 7) is 0. The molecule has 4 heteroatoms. The average Bonchev–Trinajstić information content (AvgIpc) is 2.87. The molecule has 13 heavy (non-hydrogen) atoms. The van der Waals surface area contributed by atoms with Crippen molar-refractivity contribution in [2.45, 2.75) is 18.8 Å². The Morgan fingerprint density at radius 1 is 1.38 bits per heavy atom. The maximum Gasteiger partial charge on any atom is 0.233 e. The Bertz CT molecular complexity index is 459. The van der Waals surface area contributed by atoms with Crippen LogP contribution in [0, 0.1) is 5.95 Å². The third-order valence-electron chi connectivity index (χ3n) is 2.31. The second kappa shape index (κ2) is 2.28. The number of nitrogens with zero attached hydrogens (tertiary/aromatic N) is 3. The number of hydrogen-bond donors (Lipinski definition) is 0. The van der Waals surface area contributed by atoms with Crippen LogP contribution in [0.5, 0.6) is 0 Å². The Morgan fingerprint density at radius 2 is 2.23 bits per heavy atom. The lowest BCUT2D eigenvalue weighted by atomic mass is 10.3. The average molecular weight is 177 g/mol. The highest BCUT2D eigenvalue weighted by molar-refractivity contribution is 5.37. The van der Waals surface area contributed by atoms with Crippen molar-refractivity contribution in [1.29, 1.82) is 0 Å². The fourth-order valence-corrected chi connectivity index (χ4v) is 1.46. The van der Waals surface area contributed by atoms with Gasteiger partial charge in [0.15, 0.2) is 5.65 Å². The zero-order valence-electron chi connectivity index (χ0n) is 6.94. The normalized spacial score (nSPS) is 16.7. The smallest absolute Gasteiger partial charge is 0.218 e. The fourth-order valence-electron chi connectivity index (χ4n) is 1.46. The monoisotopic (exact) mass is 177 g/mol. The number of rotatable bonds is 1. The first-order chi connectivity index (χ1) is 6.33. The van der Waals surface area contributed by atoms with Gasteiger partial charge in [-0.25, -0.2) is 4.52 Å². The van der Waals surface area contributed by atoms with Gasteiger partial charge in [0.2, 0.25) is 5.95 Å².